The number of hydrogen-bond donors (Lipinski definition) is 2. The van der Waals surface area contributed by atoms with Gasteiger partial charge in [0.1, 0.15) is 11.9 Å². The van der Waals surface area contributed by atoms with Crippen LogP contribution in [0.15, 0.2) is 24.3 Å². The Labute approximate surface area is 109 Å². The van der Waals surface area contributed by atoms with Crippen molar-refractivity contribution in [2.45, 2.75) is 31.4 Å². The van der Waals surface area contributed by atoms with Gasteiger partial charge in [-0.15, -0.1) is 0 Å². The molecule has 2 unspecified atom stereocenters. The topological polar surface area (TPSA) is 75.6 Å². The van der Waals surface area contributed by atoms with Gasteiger partial charge < -0.3 is 15.2 Å². The molecule has 1 saturated heterocycles. The van der Waals surface area contributed by atoms with Crippen LogP contribution in [0.2, 0.25) is 0 Å². The lowest BCUT2D eigenvalue weighted by Gasteiger charge is -2.22. The van der Waals surface area contributed by atoms with E-state index in [0.29, 0.717) is 12.0 Å². The summed E-state index contributed by atoms with van der Waals surface area (Å²) in [6, 6.07) is 5.36. The molecule has 0 aliphatic carbocycles. The van der Waals surface area contributed by atoms with E-state index in [-0.39, 0.29) is 24.6 Å². The molecule has 1 aliphatic rings. The number of carbonyl (C=O) groups is 2. The number of rotatable bonds is 4. The molecule has 1 aromatic rings. The number of amides is 1. The summed E-state index contributed by atoms with van der Waals surface area (Å²) in [5, 5.41) is 11.1. The summed E-state index contributed by atoms with van der Waals surface area (Å²) in [5.41, 5.74) is 0.654. The van der Waals surface area contributed by atoms with Crippen LogP contribution in [0.4, 0.5) is 9.18 Å². The zero-order valence-electron chi connectivity index (χ0n) is 10.1. The first-order chi connectivity index (χ1) is 9.04. The summed E-state index contributed by atoms with van der Waals surface area (Å²) in [7, 11) is 0. The fourth-order valence-corrected chi connectivity index (χ4v) is 2.18. The molecule has 102 valence electrons. The first kappa shape index (κ1) is 13.3. The van der Waals surface area contributed by atoms with Crippen LogP contribution in [0.5, 0.6) is 0 Å². The van der Waals surface area contributed by atoms with Gasteiger partial charge in [0.2, 0.25) is 0 Å². The van der Waals surface area contributed by atoms with Gasteiger partial charge in [0.25, 0.3) is 0 Å². The molecule has 2 rings (SSSR count). The second kappa shape index (κ2) is 5.69. The molecule has 2 N–H and O–H groups in total. The molecule has 0 radical (unpaired) electrons. The lowest BCUT2D eigenvalue weighted by atomic mass is 9.99. The minimum Gasteiger partial charge on any atom is -0.465 e. The highest BCUT2D eigenvalue weighted by Crippen LogP contribution is 2.20. The van der Waals surface area contributed by atoms with Gasteiger partial charge in [-0.2, -0.15) is 0 Å². The second-order valence-electron chi connectivity index (χ2n) is 4.46. The van der Waals surface area contributed by atoms with Crippen molar-refractivity contribution >= 4 is 12.1 Å². The van der Waals surface area contributed by atoms with Crippen molar-refractivity contribution in [1.82, 2.24) is 5.32 Å². The third-order valence-corrected chi connectivity index (χ3v) is 3.02. The summed E-state index contributed by atoms with van der Waals surface area (Å²) >= 11 is 0. The summed E-state index contributed by atoms with van der Waals surface area (Å²) in [6.45, 7) is 0. The van der Waals surface area contributed by atoms with E-state index in [9.17, 15) is 14.0 Å². The van der Waals surface area contributed by atoms with Gasteiger partial charge in [-0.3, -0.25) is 4.79 Å². The van der Waals surface area contributed by atoms with E-state index in [2.05, 4.69) is 5.32 Å². The number of halogens is 1. The van der Waals surface area contributed by atoms with Crippen LogP contribution in [0.1, 0.15) is 18.4 Å². The Morgan fingerprint density at radius 3 is 2.95 bits per heavy atom. The normalized spacial score (nSPS) is 19.8. The van der Waals surface area contributed by atoms with E-state index in [0.717, 1.165) is 0 Å². The molecule has 0 spiro atoms. The van der Waals surface area contributed by atoms with Crippen molar-refractivity contribution in [1.29, 1.82) is 0 Å². The number of benzene rings is 1. The Bertz CT molecular complexity index is 491. The highest BCUT2D eigenvalue weighted by atomic mass is 19.1. The van der Waals surface area contributed by atoms with Crippen LogP contribution < -0.4 is 5.32 Å². The summed E-state index contributed by atoms with van der Waals surface area (Å²) < 4.78 is 18.2. The van der Waals surface area contributed by atoms with Gasteiger partial charge in [0.15, 0.2) is 0 Å². The molecule has 1 fully saturated rings. The minimum atomic E-state index is -1.19. The van der Waals surface area contributed by atoms with E-state index in [1.807, 2.05) is 0 Å². The highest BCUT2D eigenvalue weighted by Gasteiger charge is 2.32. The van der Waals surface area contributed by atoms with E-state index in [1.165, 1.54) is 12.1 Å². The number of esters is 1. The molecule has 0 bridgehead atoms. The van der Waals surface area contributed by atoms with E-state index in [1.54, 1.807) is 12.1 Å². The molecule has 1 amide bonds. The SMILES string of the molecule is O=C(O)NC(Cc1cccc(F)c1)C1CCC(=O)O1. The number of ether oxygens (including phenoxy) is 1. The third-order valence-electron chi connectivity index (χ3n) is 3.02. The number of carbonyl (C=O) groups excluding carboxylic acids is 1. The molecule has 19 heavy (non-hydrogen) atoms. The van der Waals surface area contributed by atoms with Crippen LogP contribution in [0.3, 0.4) is 0 Å². The number of carboxylic acid groups (broad SMARTS) is 1. The average molecular weight is 267 g/mol. The molecule has 6 heteroatoms. The lowest BCUT2D eigenvalue weighted by Crippen LogP contribution is -2.44. The summed E-state index contributed by atoms with van der Waals surface area (Å²) in [4.78, 5) is 21.9. The number of cyclic esters (lactones) is 1. The maximum atomic E-state index is 13.1. The largest absolute Gasteiger partial charge is 0.465 e. The van der Waals surface area contributed by atoms with Gasteiger partial charge >= 0.3 is 12.1 Å². The maximum absolute atomic E-state index is 13.1. The van der Waals surface area contributed by atoms with E-state index < -0.39 is 18.2 Å². The highest BCUT2D eigenvalue weighted by molar-refractivity contribution is 5.72. The second-order valence-corrected chi connectivity index (χ2v) is 4.46. The molecule has 0 aromatic heterocycles. The van der Waals surface area contributed by atoms with Crippen LogP contribution in [0.25, 0.3) is 0 Å². The molecule has 5 nitrogen and oxygen atoms in total. The van der Waals surface area contributed by atoms with Gasteiger partial charge in [-0.05, 0) is 30.5 Å². The van der Waals surface area contributed by atoms with Crippen LogP contribution >= 0.6 is 0 Å². The molecular formula is C13H14FNO4. The Balaban J connectivity index is 2.09. The van der Waals surface area contributed by atoms with Crippen molar-refractivity contribution in [2.75, 3.05) is 0 Å². The standard InChI is InChI=1S/C13H14FNO4/c14-9-3-1-2-8(6-9)7-10(15-13(17)18)11-4-5-12(16)19-11/h1-3,6,10-11,15H,4-5,7H2,(H,17,18). The maximum Gasteiger partial charge on any atom is 0.405 e. The molecule has 2 atom stereocenters. The Morgan fingerprint density at radius 1 is 1.58 bits per heavy atom. The first-order valence-corrected chi connectivity index (χ1v) is 5.98. The van der Waals surface area contributed by atoms with E-state index >= 15 is 0 Å². The molecular weight excluding hydrogens is 253 g/mol. The van der Waals surface area contributed by atoms with Crippen molar-refractivity contribution in [3.63, 3.8) is 0 Å². The molecule has 0 saturated carbocycles. The van der Waals surface area contributed by atoms with Crippen LogP contribution in [-0.4, -0.2) is 29.3 Å². The molecule has 1 heterocycles. The Hall–Kier alpha value is -2.11. The minimum absolute atomic E-state index is 0.280. The van der Waals surface area contributed by atoms with Gasteiger partial charge in [0.05, 0.1) is 6.04 Å². The van der Waals surface area contributed by atoms with Crippen molar-refractivity contribution in [3.8, 4) is 0 Å². The predicted molar refractivity (Wildman–Crippen MR) is 64.2 cm³/mol. The smallest absolute Gasteiger partial charge is 0.405 e. The van der Waals surface area contributed by atoms with Crippen LogP contribution in [-0.2, 0) is 16.0 Å². The van der Waals surface area contributed by atoms with E-state index in [4.69, 9.17) is 9.84 Å². The quantitative estimate of drug-likeness (QED) is 0.814. The Morgan fingerprint density at radius 2 is 2.37 bits per heavy atom. The van der Waals surface area contributed by atoms with Crippen LogP contribution in [0, 0.1) is 5.82 Å². The van der Waals surface area contributed by atoms with Crippen molar-refractivity contribution < 1.29 is 23.8 Å². The average Bonchev–Trinajstić information content (AvgIpc) is 2.74. The fourth-order valence-electron chi connectivity index (χ4n) is 2.18. The zero-order valence-corrected chi connectivity index (χ0v) is 10.1. The van der Waals surface area contributed by atoms with Gasteiger partial charge in [0, 0.05) is 6.42 Å². The molecule has 1 aromatic carbocycles. The number of nitrogens with one attached hydrogen (secondary N) is 1. The first-order valence-electron chi connectivity index (χ1n) is 5.98. The Kier molecular flexibility index (Phi) is 3.99. The van der Waals surface area contributed by atoms with Gasteiger partial charge in [-0.25, -0.2) is 9.18 Å². The zero-order chi connectivity index (χ0) is 13.8. The predicted octanol–water partition coefficient (Wildman–Crippen LogP) is 1.71. The monoisotopic (exact) mass is 267 g/mol. The number of hydrogen-bond acceptors (Lipinski definition) is 3. The summed E-state index contributed by atoms with van der Waals surface area (Å²) in [6.07, 6.45) is -0.650. The third kappa shape index (κ3) is 3.67. The van der Waals surface area contributed by atoms with Crippen molar-refractivity contribution in [3.05, 3.63) is 35.6 Å². The molecule has 1 aliphatic heterocycles. The lowest BCUT2D eigenvalue weighted by molar-refractivity contribution is -0.142. The van der Waals surface area contributed by atoms with Gasteiger partial charge in [-0.1, -0.05) is 12.1 Å². The van der Waals surface area contributed by atoms with Crippen molar-refractivity contribution in [2.24, 2.45) is 0 Å². The fraction of sp³-hybridized carbons (Fsp3) is 0.385. The summed E-state index contributed by atoms with van der Waals surface area (Å²) in [5.74, 6) is -0.712.